The Bertz CT molecular complexity index is 1790. The van der Waals surface area contributed by atoms with Crippen LogP contribution in [0.4, 0.5) is 17.1 Å². The molecule has 2 bridgehead atoms. The Balaban J connectivity index is 1.38. The van der Waals surface area contributed by atoms with Gasteiger partial charge in [0.05, 0.1) is 24.0 Å². The van der Waals surface area contributed by atoms with Gasteiger partial charge in [0.1, 0.15) is 5.75 Å². The average Bonchev–Trinajstić information content (AvgIpc) is 3.04. The fourth-order valence-electron chi connectivity index (χ4n) is 6.33. The highest BCUT2D eigenvalue weighted by atomic mass is 79.9. The molecular formula is C35H33BrN4O4. The number of fused-ring (bicyclic) bond motifs is 4. The number of anilines is 3. The highest BCUT2D eigenvalue weighted by Crippen LogP contribution is 2.40. The summed E-state index contributed by atoms with van der Waals surface area (Å²) in [6.07, 6.45) is 2.69. The summed E-state index contributed by atoms with van der Waals surface area (Å²) in [4.78, 5) is 44.1. The second-order valence-electron chi connectivity index (χ2n) is 11.2. The zero-order chi connectivity index (χ0) is 30.8. The zero-order valence-electron chi connectivity index (χ0n) is 24.4. The van der Waals surface area contributed by atoms with E-state index in [1.807, 2.05) is 59.2 Å². The van der Waals surface area contributed by atoms with Gasteiger partial charge in [0.25, 0.3) is 17.4 Å². The molecule has 4 aromatic rings. The van der Waals surface area contributed by atoms with Gasteiger partial charge in [-0.3, -0.25) is 14.4 Å². The number of aromatic nitrogens is 1. The second-order valence-corrected chi connectivity index (χ2v) is 12.0. The summed E-state index contributed by atoms with van der Waals surface area (Å²) in [6.45, 7) is 6.25. The fourth-order valence-corrected chi connectivity index (χ4v) is 6.76. The first-order chi connectivity index (χ1) is 21.4. The SMILES string of the molecule is C=CCN(C(=O)c1ccc(N2C[C@H]3C[C@@H](C2)c2cccc(=O)n2C3)c(NC(=O)c2cc(OC)ccc2Br)c1)c1ccccc1. The monoisotopic (exact) mass is 652 g/mol. The van der Waals surface area contributed by atoms with E-state index in [0.29, 0.717) is 46.7 Å². The van der Waals surface area contributed by atoms with E-state index in [4.69, 9.17) is 4.74 Å². The Morgan fingerprint density at radius 2 is 1.84 bits per heavy atom. The summed E-state index contributed by atoms with van der Waals surface area (Å²) in [5, 5.41) is 3.10. The molecule has 0 spiro atoms. The van der Waals surface area contributed by atoms with Crippen LogP contribution in [0.1, 0.15) is 38.7 Å². The van der Waals surface area contributed by atoms with Crippen molar-refractivity contribution in [3.05, 3.63) is 129 Å². The quantitative estimate of drug-likeness (QED) is 0.225. The van der Waals surface area contributed by atoms with E-state index < -0.39 is 0 Å². The molecule has 0 saturated carbocycles. The van der Waals surface area contributed by atoms with Gasteiger partial charge in [-0.25, -0.2) is 0 Å². The van der Waals surface area contributed by atoms with Crippen LogP contribution in [0.3, 0.4) is 0 Å². The number of hydrogen-bond donors (Lipinski definition) is 1. The number of amides is 2. The Kier molecular flexibility index (Phi) is 8.39. The van der Waals surface area contributed by atoms with Crippen molar-refractivity contribution < 1.29 is 14.3 Å². The Morgan fingerprint density at radius 1 is 1.02 bits per heavy atom. The molecule has 1 N–H and O–H groups in total. The van der Waals surface area contributed by atoms with Crippen LogP contribution in [0.15, 0.2) is 107 Å². The van der Waals surface area contributed by atoms with Crippen LogP contribution in [-0.2, 0) is 6.54 Å². The maximum atomic E-state index is 13.9. The predicted molar refractivity (Wildman–Crippen MR) is 177 cm³/mol. The van der Waals surface area contributed by atoms with E-state index in [-0.39, 0.29) is 29.2 Å². The topological polar surface area (TPSA) is 83.9 Å². The van der Waals surface area contributed by atoms with E-state index in [1.54, 1.807) is 48.4 Å². The van der Waals surface area contributed by atoms with Gasteiger partial charge < -0.3 is 24.4 Å². The minimum atomic E-state index is -0.332. The average molecular weight is 654 g/mol. The van der Waals surface area contributed by atoms with E-state index in [9.17, 15) is 14.4 Å². The number of para-hydroxylation sites is 1. The number of methoxy groups -OCH3 is 1. The van der Waals surface area contributed by atoms with Crippen LogP contribution in [0.2, 0.25) is 0 Å². The minimum absolute atomic E-state index is 0.0350. The Hall–Kier alpha value is -4.63. The number of piperidine rings is 1. The highest BCUT2D eigenvalue weighted by Gasteiger charge is 2.35. The predicted octanol–water partition coefficient (Wildman–Crippen LogP) is 6.33. The first-order valence-corrected chi connectivity index (χ1v) is 15.4. The summed E-state index contributed by atoms with van der Waals surface area (Å²) < 4.78 is 7.89. The minimum Gasteiger partial charge on any atom is -0.497 e. The van der Waals surface area contributed by atoms with E-state index in [0.717, 1.165) is 30.0 Å². The number of pyridine rings is 1. The molecule has 0 unspecified atom stereocenters. The molecule has 2 aliphatic rings. The second kappa shape index (κ2) is 12.5. The van der Waals surface area contributed by atoms with Crippen LogP contribution in [0.25, 0.3) is 0 Å². The molecule has 224 valence electrons. The molecule has 9 heteroatoms. The van der Waals surface area contributed by atoms with Crippen LogP contribution in [0.5, 0.6) is 5.75 Å². The number of rotatable bonds is 8. The van der Waals surface area contributed by atoms with Gasteiger partial charge in [0.2, 0.25) is 0 Å². The van der Waals surface area contributed by atoms with Crippen molar-refractivity contribution in [2.24, 2.45) is 5.92 Å². The molecule has 3 aromatic carbocycles. The number of carbonyl (C=O) groups is 2. The maximum absolute atomic E-state index is 13.9. The van der Waals surface area contributed by atoms with Gasteiger partial charge in [-0.05, 0) is 82.9 Å². The summed E-state index contributed by atoms with van der Waals surface area (Å²) in [6, 6.07) is 25.6. The van der Waals surface area contributed by atoms with Gasteiger partial charge in [-0.1, -0.05) is 30.3 Å². The number of carbonyl (C=O) groups excluding carboxylic acids is 2. The summed E-state index contributed by atoms with van der Waals surface area (Å²) >= 11 is 3.50. The van der Waals surface area contributed by atoms with Crippen molar-refractivity contribution in [1.29, 1.82) is 0 Å². The van der Waals surface area contributed by atoms with E-state index in [1.165, 1.54) is 0 Å². The van der Waals surface area contributed by atoms with Crippen LogP contribution < -0.4 is 25.4 Å². The van der Waals surface area contributed by atoms with Gasteiger partial charge in [0, 0.05) is 59.6 Å². The summed E-state index contributed by atoms with van der Waals surface area (Å²) in [7, 11) is 1.55. The third-order valence-electron chi connectivity index (χ3n) is 8.35. The molecule has 2 atom stereocenters. The first kappa shape index (κ1) is 29.4. The zero-order valence-corrected chi connectivity index (χ0v) is 26.0. The molecule has 0 radical (unpaired) electrons. The van der Waals surface area contributed by atoms with Gasteiger partial charge in [-0.2, -0.15) is 0 Å². The molecule has 2 amide bonds. The van der Waals surface area contributed by atoms with Crippen molar-refractivity contribution in [3.8, 4) is 5.75 Å². The van der Waals surface area contributed by atoms with Crippen molar-refractivity contribution in [1.82, 2.24) is 4.57 Å². The number of halogens is 1. The molecular weight excluding hydrogens is 620 g/mol. The van der Waals surface area contributed by atoms with Gasteiger partial charge >= 0.3 is 0 Å². The number of benzene rings is 3. The number of nitrogens with zero attached hydrogens (tertiary/aromatic N) is 3. The van der Waals surface area contributed by atoms with Crippen molar-refractivity contribution in [3.63, 3.8) is 0 Å². The lowest BCUT2D eigenvalue weighted by Gasteiger charge is -2.44. The lowest BCUT2D eigenvalue weighted by atomic mass is 9.83. The van der Waals surface area contributed by atoms with E-state index in [2.05, 4.69) is 32.7 Å². The third-order valence-corrected chi connectivity index (χ3v) is 9.05. The lowest BCUT2D eigenvalue weighted by molar-refractivity contribution is 0.0987. The van der Waals surface area contributed by atoms with Crippen LogP contribution in [0, 0.1) is 5.92 Å². The number of hydrogen-bond acceptors (Lipinski definition) is 5. The molecule has 3 heterocycles. The Labute approximate surface area is 264 Å². The normalized spacial score (nSPS) is 16.9. The fraction of sp³-hybridized carbons (Fsp3) is 0.229. The first-order valence-electron chi connectivity index (χ1n) is 14.6. The standard InChI is InChI=1S/C35H33BrN4O4/c1-3-16-39(26-8-5-4-6-9-26)35(43)24-12-15-32(30(18-24)37-34(42)28-19-27(44-2)13-14-29(28)36)38-20-23-17-25(22-38)31-10-7-11-33(41)40(31)21-23/h3-15,18-19,23,25H,1,16-17,20-22H2,2H3,(H,37,42)/t23-,25+/m1/s1. The molecule has 0 aliphatic carbocycles. The van der Waals surface area contributed by atoms with Crippen LogP contribution in [-0.4, -0.2) is 43.1 Å². The van der Waals surface area contributed by atoms with Crippen molar-refractivity contribution >= 4 is 44.8 Å². The largest absolute Gasteiger partial charge is 0.497 e. The number of nitrogens with one attached hydrogen (secondary N) is 1. The molecule has 6 rings (SSSR count). The smallest absolute Gasteiger partial charge is 0.258 e. The van der Waals surface area contributed by atoms with Crippen molar-refractivity contribution in [2.45, 2.75) is 18.9 Å². The molecule has 1 aromatic heterocycles. The molecule has 1 saturated heterocycles. The maximum Gasteiger partial charge on any atom is 0.258 e. The van der Waals surface area contributed by atoms with Crippen molar-refractivity contribution in [2.75, 3.05) is 41.9 Å². The summed E-state index contributed by atoms with van der Waals surface area (Å²) in [5.74, 6) is 0.476. The third kappa shape index (κ3) is 5.79. The summed E-state index contributed by atoms with van der Waals surface area (Å²) in [5.41, 5.74) is 4.04. The van der Waals surface area contributed by atoms with Crippen LogP contribution >= 0.6 is 15.9 Å². The van der Waals surface area contributed by atoms with Gasteiger partial charge in [0.15, 0.2) is 0 Å². The highest BCUT2D eigenvalue weighted by molar-refractivity contribution is 9.10. The number of ether oxygens (including phenoxy) is 1. The van der Waals surface area contributed by atoms with E-state index >= 15 is 0 Å². The lowest BCUT2D eigenvalue weighted by Crippen LogP contribution is -2.47. The molecule has 8 nitrogen and oxygen atoms in total. The van der Waals surface area contributed by atoms with Gasteiger partial charge in [-0.15, -0.1) is 6.58 Å². The molecule has 2 aliphatic heterocycles. The Morgan fingerprint density at radius 3 is 2.61 bits per heavy atom. The molecule has 1 fully saturated rings. The molecule has 44 heavy (non-hydrogen) atoms.